The average molecular weight is 372 g/mol. The topological polar surface area (TPSA) is 59.4 Å². The molecule has 2 aromatic rings. The standard InChI is InChI=1S/C19H24N4O2S/c1-4-20-19(26)22-11-10-16-15(12-22)17(18(24)25-5-2)21-23(16)14-8-6-13(3)7-9-14/h6-9H,4-5,10-12H2,1-3H3,(H,20,26). The molecule has 1 aromatic carbocycles. The number of esters is 1. The summed E-state index contributed by atoms with van der Waals surface area (Å²) in [5, 5.41) is 8.49. The second-order valence-corrected chi connectivity index (χ2v) is 6.64. The van der Waals surface area contributed by atoms with E-state index in [1.165, 1.54) is 5.56 Å². The number of hydrogen-bond acceptors (Lipinski definition) is 4. The maximum Gasteiger partial charge on any atom is 0.359 e. The zero-order valence-electron chi connectivity index (χ0n) is 15.4. The van der Waals surface area contributed by atoms with Crippen LogP contribution in [-0.4, -0.2) is 45.5 Å². The van der Waals surface area contributed by atoms with Crippen LogP contribution in [0.3, 0.4) is 0 Å². The number of aryl methyl sites for hydroxylation is 1. The molecule has 1 N–H and O–H groups in total. The molecule has 0 unspecified atom stereocenters. The Balaban J connectivity index is 2.01. The molecular formula is C19H24N4O2S. The Hall–Kier alpha value is -2.41. The predicted molar refractivity (Wildman–Crippen MR) is 105 cm³/mol. The SMILES string of the molecule is CCNC(=S)N1CCc2c(c(C(=O)OCC)nn2-c2ccc(C)cc2)C1. The average Bonchev–Trinajstić information content (AvgIpc) is 3.02. The maximum absolute atomic E-state index is 12.5. The van der Waals surface area contributed by atoms with Gasteiger partial charge in [-0.05, 0) is 45.1 Å². The minimum atomic E-state index is -0.383. The molecule has 0 amide bonds. The van der Waals surface area contributed by atoms with Crippen molar-refractivity contribution in [2.75, 3.05) is 19.7 Å². The first-order valence-electron chi connectivity index (χ1n) is 8.92. The number of ether oxygens (including phenoxy) is 1. The van der Waals surface area contributed by atoms with Crippen LogP contribution in [0.2, 0.25) is 0 Å². The zero-order valence-corrected chi connectivity index (χ0v) is 16.2. The van der Waals surface area contributed by atoms with Gasteiger partial charge in [-0.3, -0.25) is 0 Å². The lowest BCUT2D eigenvalue weighted by molar-refractivity contribution is 0.0517. The third kappa shape index (κ3) is 3.58. The molecule has 0 saturated carbocycles. The van der Waals surface area contributed by atoms with E-state index in [-0.39, 0.29) is 5.97 Å². The number of rotatable bonds is 4. The minimum Gasteiger partial charge on any atom is -0.461 e. The van der Waals surface area contributed by atoms with E-state index in [2.05, 4.69) is 15.3 Å². The van der Waals surface area contributed by atoms with Gasteiger partial charge >= 0.3 is 5.97 Å². The highest BCUT2D eigenvalue weighted by molar-refractivity contribution is 7.80. The quantitative estimate of drug-likeness (QED) is 0.658. The summed E-state index contributed by atoms with van der Waals surface area (Å²) in [6, 6.07) is 8.13. The van der Waals surface area contributed by atoms with E-state index < -0.39 is 0 Å². The summed E-state index contributed by atoms with van der Waals surface area (Å²) in [6.45, 7) is 8.31. The number of nitrogens with one attached hydrogen (secondary N) is 1. The smallest absolute Gasteiger partial charge is 0.359 e. The largest absolute Gasteiger partial charge is 0.461 e. The molecular weight excluding hydrogens is 348 g/mol. The van der Waals surface area contributed by atoms with E-state index in [1.54, 1.807) is 6.92 Å². The minimum absolute atomic E-state index is 0.324. The van der Waals surface area contributed by atoms with Gasteiger partial charge < -0.3 is 15.0 Å². The van der Waals surface area contributed by atoms with Crippen LogP contribution in [0.4, 0.5) is 0 Å². The molecule has 3 rings (SSSR count). The van der Waals surface area contributed by atoms with Crippen molar-refractivity contribution in [2.45, 2.75) is 33.7 Å². The van der Waals surface area contributed by atoms with Gasteiger partial charge in [0.2, 0.25) is 0 Å². The highest BCUT2D eigenvalue weighted by atomic mass is 32.1. The van der Waals surface area contributed by atoms with E-state index in [0.29, 0.717) is 24.0 Å². The second kappa shape index (κ2) is 7.86. The molecule has 0 fully saturated rings. The van der Waals surface area contributed by atoms with Crippen molar-refractivity contribution in [3.63, 3.8) is 0 Å². The van der Waals surface area contributed by atoms with Crippen LogP contribution in [-0.2, 0) is 17.7 Å². The van der Waals surface area contributed by atoms with E-state index in [4.69, 9.17) is 17.0 Å². The lowest BCUT2D eigenvalue weighted by atomic mass is 10.1. The summed E-state index contributed by atoms with van der Waals surface area (Å²) in [4.78, 5) is 14.5. The van der Waals surface area contributed by atoms with Gasteiger partial charge in [-0.1, -0.05) is 17.7 Å². The predicted octanol–water partition coefficient (Wildman–Crippen LogP) is 2.61. The van der Waals surface area contributed by atoms with Crippen molar-refractivity contribution in [3.8, 4) is 5.69 Å². The Morgan fingerprint density at radius 1 is 1.31 bits per heavy atom. The van der Waals surface area contributed by atoms with Crippen LogP contribution < -0.4 is 5.32 Å². The van der Waals surface area contributed by atoms with Gasteiger partial charge in [0.1, 0.15) is 0 Å². The molecule has 1 aromatic heterocycles. The normalized spacial score (nSPS) is 13.3. The highest BCUT2D eigenvalue weighted by Gasteiger charge is 2.30. The first kappa shape index (κ1) is 18.4. The Morgan fingerprint density at radius 2 is 2.04 bits per heavy atom. The fraction of sp³-hybridized carbons (Fsp3) is 0.421. The molecule has 26 heavy (non-hydrogen) atoms. The van der Waals surface area contributed by atoms with Gasteiger partial charge in [0.15, 0.2) is 10.8 Å². The van der Waals surface area contributed by atoms with Crippen LogP contribution in [0.1, 0.15) is 41.2 Å². The molecule has 6 nitrogen and oxygen atoms in total. The number of hydrogen-bond donors (Lipinski definition) is 1. The zero-order chi connectivity index (χ0) is 18.7. The number of thiocarbonyl (C=S) groups is 1. The van der Waals surface area contributed by atoms with Crippen molar-refractivity contribution in [3.05, 3.63) is 46.8 Å². The van der Waals surface area contributed by atoms with Gasteiger partial charge in [-0.25, -0.2) is 9.48 Å². The number of nitrogens with zero attached hydrogens (tertiary/aromatic N) is 3. The molecule has 0 spiro atoms. The molecule has 0 saturated heterocycles. The van der Waals surface area contributed by atoms with Crippen LogP contribution in [0.5, 0.6) is 0 Å². The maximum atomic E-state index is 12.5. The van der Waals surface area contributed by atoms with E-state index in [9.17, 15) is 4.79 Å². The monoisotopic (exact) mass is 372 g/mol. The molecule has 0 atom stereocenters. The molecule has 0 radical (unpaired) electrons. The Morgan fingerprint density at radius 3 is 2.69 bits per heavy atom. The number of benzene rings is 1. The van der Waals surface area contributed by atoms with Crippen molar-refractivity contribution < 1.29 is 9.53 Å². The summed E-state index contributed by atoms with van der Waals surface area (Å²) in [5.74, 6) is -0.383. The van der Waals surface area contributed by atoms with Crippen molar-refractivity contribution in [1.82, 2.24) is 20.0 Å². The first-order valence-corrected chi connectivity index (χ1v) is 9.33. The fourth-order valence-electron chi connectivity index (χ4n) is 3.12. The van der Waals surface area contributed by atoms with Crippen molar-refractivity contribution in [2.24, 2.45) is 0 Å². The molecule has 2 heterocycles. The number of aromatic nitrogens is 2. The summed E-state index contributed by atoms with van der Waals surface area (Å²) < 4.78 is 7.09. The summed E-state index contributed by atoms with van der Waals surface area (Å²) in [6.07, 6.45) is 0.765. The molecule has 7 heteroatoms. The summed E-state index contributed by atoms with van der Waals surface area (Å²) in [7, 11) is 0. The number of carbonyl (C=O) groups excluding carboxylic acids is 1. The van der Waals surface area contributed by atoms with E-state index >= 15 is 0 Å². The van der Waals surface area contributed by atoms with Gasteiger partial charge in [0.05, 0.1) is 18.0 Å². The Bertz CT molecular complexity index is 814. The third-order valence-electron chi connectivity index (χ3n) is 4.42. The number of carbonyl (C=O) groups is 1. The fourth-order valence-corrected chi connectivity index (χ4v) is 3.42. The van der Waals surface area contributed by atoms with Gasteiger partial charge in [-0.15, -0.1) is 0 Å². The van der Waals surface area contributed by atoms with Gasteiger partial charge in [0, 0.05) is 31.6 Å². The van der Waals surface area contributed by atoms with E-state index in [1.807, 2.05) is 42.8 Å². The van der Waals surface area contributed by atoms with Crippen LogP contribution in [0.15, 0.2) is 24.3 Å². The van der Waals surface area contributed by atoms with Crippen LogP contribution >= 0.6 is 12.2 Å². The second-order valence-electron chi connectivity index (χ2n) is 6.25. The lowest BCUT2D eigenvalue weighted by Gasteiger charge is -2.30. The molecule has 0 bridgehead atoms. The van der Waals surface area contributed by atoms with Crippen LogP contribution in [0.25, 0.3) is 5.69 Å². The molecule has 138 valence electrons. The summed E-state index contributed by atoms with van der Waals surface area (Å²) in [5.41, 5.74) is 4.46. The molecule has 1 aliphatic heterocycles. The molecule has 0 aliphatic carbocycles. The number of fused-ring (bicyclic) bond motifs is 1. The molecule has 1 aliphatic rings. The Labute approximate surface area is 159 Å². The summed E-state index contributed by atoms with van der Waals surface area (Å²) >= 11 is 5.45. The van der Waals surface area contributed by atoms with Gasteiger partial charge in [0.25, 0.3) is 0 Å². The van der Waals surface area contributed by atoms with Crippen LogP contribution in [0, 0.1) is 6.92 Å². The Kier molecular flexibility index (Phi) is 5.56. The highest BCUT2D eigenvalue weighted by Crippen LogP contribution is 2.26. The third-order valence-corrected chi connectivity index (χ3v) is 4.82. The van der Waals surface area contributed by atoms with Crippen molar-refractivity contribution in [1.29, 1.82) is 0 Å². The van der Waals surface area contributed by atoms with Crippen molar-refractivity contribution >= 4 is 23.3 Å². The van der Waals surface area contributed by atoms with Gasteiger partial charge in [-0.2, -0.15) is 5.10 Å². The lowest BCUT2D eigenvalue weighted by Crippen LogP contribution is -2.42. The van der Waals surface area contributed by atoms with E-state index in [0.717, 1.165) is 36.5 Å². The first-order chi connectivity index (χ1) is 12.5.